The Balaban J connectivity index is 2.09. The molecule has 27 heavy (non-hydrogen) atoms. The standard InChI is InChI=1S/C18H18BrN3O4S/c1-10(2)26-16-7-5-12(9-13(16)19)17(23)21-18(27)20-14-6-4-11(3)8-15(14)22(24)25/h4-10H,1-3H3,(H2,20,21,23,27). The normalized spacial score (nSPS) is 10.4. The largest absolute Gasteiger partial charge is 0.490 e. The van der Waals surface area contributed by atoms with Gasteiger partial charge >= 0.3 is 0 Å². The first-order valence-corrected chi connectivity index (χ1v) is 9.21. The van der Waals surface area contributed by atoms with Crippen molar-refractivity contribution in [3.8, 4) is 5.75 Å². The highest BCUT2D eigenvalue weighted by molar-refractivity contribution is 9.10. The van der Waals surface area contributed by atoms with Gasteiger partial charge in [0.2, 0.25) is 0 Å². The van der Waals surface area contributed by atoms with Crippen LogP contribution in [0, 0.1) is 17.0 Å². The summed E-state index contributed by atoms with van der Waals surface area (Å²) in [5.74, 6) is 0.177. The first-order valence-electron chi connectivity index (χ1n) is 8.01. The number of carbonyl (C=O) groups excluding carboxylic acids is 1. The fourth-order valence-electron chi connectivity index (χ4n) is 2.22. The van der Waals surface area contributed by atoms with E-state index in [-0.39, 0.29) is 22.6 Å². The third-order valence-electron chi connectivity index (χ3n) is 3.38. The van der Waals surface area contributed by atoms with Gasteiger partial charge in [-0.15, -0.1) is 0 Å². The second kappa shape index (κ2) is 8.92. The molecule has 7 nitrogen and oxygen atoms in total. The lowest BCUT2D eigenvalue weighted by Gasteiger charge is -2.13. The minimum absolute atomic E-state index is 0.00283. The van der Waals surface area contributed by atoms with Gasteiger partial charge in [-0.2, -0.15) is 0 Å². The van der Waals surface area contributed by atoms with Crippen LogP contribution in [0.25, 0.3) is 0 Å². The van der Waals surface area contributed by atoms with Crippen molar-refractivity contribution >= 4 is 50.5 Å². The zero-order chi connectivity index (χ0) is 20.1. The number of halogens is 1. The van der Waals surface area contributed by atoms with E-state index in [1.54, 1.807) is 37.3 Å². The molecule has 0 unspecified atom stereocenters. The van der Waals surface area contributed by atoms with Gasteiger partial charge in [0.1, 0.15) is 11.4 Å². The van der Waals surface area contributed by atoms with Crippen LogP contribution in [0.3, 0.4) is 0 Å². The summed E-state index contributed by atoms with van der Waals surface area (Å²) in [5.41, 5.74) is 1.19. The highest BCUT2D eigenvalue weighted by Crippen LogP contribution is 2.27. The Hall–Kier alpha value is -2.52. The van der Waals surface area contributed by atoms with Crippen molar-refractivity contribution in [1.29, 1.82) is 0 Å². The lowest BCUT2D eigenvalue weighted by Crippen LogP contribution is -2.34. The van der Waals surface area contributed by atoms with E-state index in [1.807, 2.05) is 13.8 Å². The van der Waals surface area contributed by atoms with Crippen molar-refractivity contribution in [2.75, 3.05) is 5.32 Å². The Labute approximate surface area is 170 Å². The first kappa shape index (κ1) is 20.8. The van der Waals surface area contributed by atoms with Crippen molar-refractivity contribution < 1.29 is 14.5 Å². The molecule has 2 aromatic rings. The number of amides is 1. The zero-order valence-electron chi connectivity index (χ0n) is 14.9. The van der Waals surface area contributed by atoms with Gasteiger partial charge in [0, 0.05) is 11.6 Å². The maximum absolute atomic E-state index is 12.4. The molecule has 0 aliphatic heterocycles. The number of thiocarbonyl (C=S) groups is 1. The number of anilines is 1. The molecule has 0 fully saturated rings. The summed E-state index contributed by atoms with van der Waals surface area (Å²) >= 11 is 8.47. The van der Waals surface area contributed by atoms with Crippen LogP contribution in [-0.4, -0.2) is 22.0 Å². The summed E-state index contributed by atoms with van der Waals surface area (Å²) < 4.78 is 6.24. The van der Waals surface area contributed by atoms with E-state index in [0.29, 0.717) is 15.8 Å². The van der Waals surface area contributed by atoms with E-state index < -0.39 is 10.8 Å². The van der Waals surface area contributed by atoms with Gasteiger partial charge in [-0.05, 0) is 78.7 Å². The molecule has 0 spiro atoms. The number of rotatable bonds is 5. The minimum atomic E-state index is -0.510. The van der Waals surface area contributed by atoms with Crippen molar-refractivity contribution in [1.82, 2.24) is 5.32 Å². The number of nitro groups is 1. The van der Waals surface area contributed by atoms with Gasteiger partial charge < -0.3 is 10.1 Å². The first-order chi connectivity index (χ1) is 12.7. The van der Waals surface area contributed by atoms with Gasteiger partial charge in [0.05, 0.1) is 15.5 Å². The molecule has 2 N–H and O–H groups in total. The predicted octanol–water partition coefficient (Wildman–Crippen LogP) is 4.58. The van der Waals surface area contributed by atoms with Crippen molar-refractivity contribution in [2.45, 2.75) is 26.9 Å². The SMILES string of the molecule is Cc1ccc(NC(=S)NC(=O)c2ccc(OC(C)C)c(Br)c2)c([N+](=O)[O-])c1. The fourth-order valence-corrected chi connectivity index (χ4v) is 2.89. The molecule has 1 amide bonds. The molecule has 0 aromatic heterocycles. The molecule has 0 aliphatic carbocycles. The van der Waals surface area contributed by atoms with Gasteiger partial charge in [0.25, 0.3) is 11.6 Å². The maximum Gasteiger partial charge on any atom is 0.292 e. The van der Waals surface area contributed by atoms with E-state index in [1.165, 1.54) is 6.07 Å². The zero-order valence-corrected chi connectivity index (χ0v) is 17.3. The number of nitro benzene ring substituents is 1. The Morgan fingerprint density at radius 2 is 1.96 bits per heavy atom. The summed E-state index contributed by atoms with van der Waals surface area (Å²) in [6.45, 7) is 5.56. The lowest BCUT2D eigenvalue weighted by atomic mass is 10.2. The highest BCUT2D eigenvalue weighted by Gasteiger charge is 2.16. The van der Waals surface area contributed by atoms with Crippen molar-refractivity contribution in [3.05, 3.63) is 62.1 Å². The lowest BCUT2D eigenvalue weighted by molar-refractivity contribution is -0.383. The third-order valence-corrected chi connectivity index (χ3v) is 4.21. The molecular weight excluding hydrogens is 434 g/mol. The number of benzene rings is 2. The molecular formula is C18H18BrN3O4S. The Morgan fingerprint density at radius 3 is 2.56 bits per heavy atom. The van der Waals surface area contributed by atoms with E-state index in [9.17, 15) is 14.9 Å². The van der Waals surface area contributed by atoms with Crippen LogP contribution in [0.15, 0.2) is 40.9 Å². The number of carbonyl (C=O) groups is 1. The second-order valence-corrected chi connectivity index (χ2v) is 7.26. The van der Waals surface area contributed by atoms with Gasteiger partial charge in [0.15, 0.2) is 5.11 Å². The van der Waals surface area contributed by atoms with Crippen LogP contribution in [0.5, 0.6) is 5.75 Å². The Kier molecular flexibility index (Phi) is 6.86. The Morgan fingerprint density at radius 1 is 1.26 bits per heavy atom. The quantitative estimate of drug-likeness (QED) is 0.392. The predicted molar refractivity (Wildman–Crippen MR) is 111 cm³/mol. The molecule has 0 heterocycles. The van der Waals surface area contributed by atoms with Crippen LogP contribution >= 0.6 is 28.1 Å². The van der Waals surface area contributed by atoms with E-state index in [0.717, 1.165) is 5.56 Å². The fraction of sp³-hybridized carbons (Fsp3) is 0.222. The number of hydrogen-bond acceptors (Lipinski definition) is 5. The summed E-state index contributed by atoms with van der Waals surface area (Å²) in [7, 11) is 0. The summed E-state index contributed by atoms with van der Waals surface area (Å²) in [6.07, 6.45) is 0.00283. The van der Waals surface area contributed by atoms with E-state index in [2.05, 4.69) is 26.6 Å². The topological polar surface area (TPSA) is 93.5 Å². The third kappa shape index (κ3) is 5.73. The number of ether oxygens (including phenoxy) is 1. The smallest absolute Gasteiger partial charge is 0.292 e. The van der Waals surface area contributed by atoms with Crippen molar-refractivity contribution in [3.63, 3.8) is 0 Å². The van der Waals surface area contributed by atoms with Crippen LogP contribution in [0.1, 0.15) is 29.8 Å². The molecule has 0 saturated heterocycles. The molecule has 2 aromatic carbocycles. The van der Waals surface area contributed by atoms with Crippen LogP contribution in [0.2, 0.25) is 0 Å². The monoisotopic (exact) mass is 451 g/mol. The van der Waals surface area contributed by atoms with E-state index >= 15 is 0 Å². The van der Waals surface area contributed by atoms with E-state index in [4.69, 9.17) is 17.0 Å². The Bertz CT molecular complexity index is 902. The van der Waals surface area contributed by atoms with Gasteiger partial charge in [-0.1, -0.05) is 6.07 Å². The highest BCUT2D eigenvalue weighted by atomic mass is 79.9. The number of hydrogen-bond donors (Lipinski definition) is 2. The van der Waals surface area contributed by atoms with Crippen LogP contribution in [0.4, 0.5) is 11.4 Å². The summed E-state index contributed by atoms with van der Waals surface area (Å²) in [4.78, 5) is 23.0. The molecule has 0 saturated carbocycles. The maximum atomic E-state index is 12.4. The average molecular weight is 452 g/mol. The van der Waals surface area contributed by atoms with Crippen LogP contribution < -0.4 is 15.4 Å². The molecule has 0 atom stereocenters. The number of nitrogens with one attached hydrogen (secondary N) is 2. The molecule has 0 radical (unpaired) electrons. The van der Waals surface area contributed by atoms with Gasteiger partial charge in [-0.3, -0.25) is 20.2 Å². The van der Waals surface area contributed by atoms with Crippen molar-refractivity contribution in [2.24, 2.45) is 0 Å². The molecule has 9 heteroatoms. The number of nitrogens with zero attached hydrogens (tertiary/aromatic N) is 1. The number of aryl methyl sites for hydroxylation is 1. The molecule has 142 valence electrons. The molecule has 2 rings (SSSR count). The van der Waals surface area contributed by atoms with Crippen LogP contribution in [-0.2, 0) is 0 Å². The minimum Gasteiger partial charge on any atom is -0.490 e. The average Bonchev–Trinajstić information content (AvgIpc) is 2.57. The summed E-state index contributed by atoms with van der Waals surface area (Å²) in [5, 5.41) is 16.3. The summed E-state index contributed by atoms with van der Waals surface area (Å²) in [6, 6.07) is 9.58. The van der Waals surface area contributed by atoms with Gasteiger partial charge in [-0.25, -0.2) is 0 Å². The molecule has 0 bridgehead atoms. The second-order valence-electron chi connectivity index (χ2n) is 6.00. The molecule has 0 aliphatic rings.